The van der Waals surface area contributed by atoms with Crippen LogP contribution in [0.1, 0.15) is 11.6 Å². The van der Waals surface area contributed by atoms with Crippen molar-refractivity contribution in [2.24, 2.45) is 5.73 Å². The van der Waals surface area contributed by atoms with Crippen LogP contribution < -0.4 is 16.4 Å². The predicted octanol–water partition coefficient (Wildman–Crippen LogP) is 0.301. The summed E-state index contributed by atoms with van der Waals surface area (Å²) >= 11 is 0. The van der Waals surface area contributed by atoms with Crippen LogP contribution >= 0.6 is 0 Å². The Kier molecular flexibility index (Phi) is 4.55. The van der Waals surface area contributed by atoms with E-state index in [4.69, 9.17) is 5.73 Å². The standard InChI is InChI=1S/C13H20N4O/c14-13(18)16-12(11-4-2-1-3-5-11)10-17-8-6-15-7-9-17/h1-5,12,15H,6-10H2,(H3,14,16,18). The molecule has 1 saturated heterocycles. The van der Waals surface area contributed by atoms with Crippen LogP contribution in [0.15, 0.2) is 30.3 Å². The molecule has 2 rings (SSSR count). The SMILES string of the molecule is NC(=O)NC(CN1CCNCC1)c1ccccc1. The number of amides is 2. The minimum Gasteiger partial charge on any atom is -0.352 e. The summed E-state index contributed by atoms with van der Waals surface area (Å²) in [5.74, 6) is 0. The number of nitrogens with two attached hydrogens (primary N) is 1. The normalized spacial score (nSPS) is 18.2. The van der Waals surface area contributed by atoms with Crippen molar-refractivity contribution in [1.29, 1.82) is 0 Å². The molecule has 1 aromatic carbocycles. The van der Waals surface area contributed by atoms with Crippen molar-refractivity contribution >= 4 is 6.03 Å². The number of piperazine rings is 1. The molecule has 0 bridgehead atoms. The van der Waals surface area contributed by atoms with Gasteiger partial charge in [0.25, 0.3) is 0 Å². The molecule has 0 aromatic heterocycles. The lowest BCUT2D eigenvalue weighted by Crippen LogP contribution is -2.47. The highest BCUT2D eigenvalue weighted by Gasteiger charge is 2.18. The second-order valence-corrected chi connectivity index (χ2v) is 4.52. The van der Waals surface area contributed by atoms with Gasteiger partial charge in [-0.2, -0.15) is 0 Å². The Morgan fingerprint density at radius 2 is 2.00 bits per heavy atom. The number of hydrogen-bond donors (Lipinski definition) is 3. The van der Waals surface area contributed by atoms with Crippen molar-refractivity contribution in [1.82, 2.24) is 15.5 Å². The van der Waals surface area contributed by atoms with Crippen molar-refractivity contribution in [3.63, 3.8) is 0 Å². The molecule has 1 aromatic rings. The zero-order valence-electron chi connectivity index (χ0n) is 10.4. The van der Waals surface area contributed by atoms with Crippen LogP contribution in [-0.2, 0) is 0 Å². The number of hydrogen-bond acceptors (Lipinski definition) is 3. The number of carbonyl (C=O) groups is 1. The molecule has 1 fully saturated rings. The minimum absolute atomic E-state index is 0.0400. The first-order chi connectivity index (χ1) is 8.75. The lowest BCUT2D eigenvalue weighted by Gasteiger charge is -2.31. The summed E-state index contributed by atoms with van der Waals surface area (Å²) < 4.78 is 0. The van der Waals surface area contributed by atoms with Crippen molar-refractivity contribution < 1.29 is 4.79 Å². The van der Waals surface area contributed by atoms with Gasteiger partial charge >= 0.3 is 6.03 Å². The van der Waals surface area contributed by atoms with E-state index in [2.05, 4.69) is 15.5 Å². The number of urea groups is 1. The highest BCUT2D eigenvalue weighted by atomic mass is 16.2. The molecule has 4 N–H and O–H groups in total. The average Bonchev–Trinajstić information content (AvgIpc) is 2.40. The number of benzene rings is 1. The van der Waals surface area contributed by atoms with Crippen molar-refractivity contribution in [3.05, 3.63) is 35.9 Å². The summed E-state index contributed by atoms with van der Waals surface area (Å²) in [4.78, 5) is 13.4. The Balaban J connectivity index is 2.02. The molecule has 18 heavy (non-hydrogen) atoms. The summed E-state index contributed by atoms with van der Waals surface area (Å²) in [5, 5.41) is 6.14. The van der Waals surface area contributed by atoms with E-state index in [0.29, 0.717) is 0 Å². The third-order valence-corrected chi connectivity index (χ3v) is 3.17. The van der Waals surface area contributed by atoms with Gasteiger partial charge in [0.1, 0.15) is 0 Å². The molecule has 1 aliphatic heterocycles. The smallest absolute Gasteiger partial charge is 0.312 e. The van der Waals surface area contributed by atoms with E-state index >= 15 is 0 Å². The molecule has 0 aliphatic carbocycles. The van der Waals surface area contributed by atoms with E-state index in [0.717, 1.165) is 38.3 Å². The van der Waals surface area contributed by atoms with Crippen LogP contribution in [0.25, 0.3) is 0 Å². The van der Waals surface area contributed by atoms with Crippen molar-refractivity contribution in [2.45, 2.75) is 6.04 Å². The number of carbonyl (C=O) groups excluding carboxylic acids is 1. The van der Waals surface area contributed by atoms with Crippen LogP contribution in [0.3, 0.4) is 0 Å². The van der Waals surface area contributed by atoms with Gasteiger partial charge in [-0.15, -0.1) is 0 Å². The first-order valence-corrected chi connectivity index (χ1v) is 6.29. The fourth-order valence-corrected chi connectivity index (χ4v) is 2.24. The molecule has 2 amide bonds. The van der Waals surface area contributed by atoms with Gasteiger partial charge in [-0.1, -0.05) is 30.3 Å². The third kappa shape index (κ3) is 3.72. The summed E-state index contributed by atoms with van der Waals surface area (Å²) in [6.07, 6.45) is 0. The second kappa shape index (κ2) is 6.37. The second-order valence-electron chi connectivity index (χ2n) is 4.52. The number of nitrogens with one attached hydrogen (secondary N) is 2. The van der Waals surface area contributed by atoms with Gasteiger partial charge in [0, 0.05) is 32.7 Å². The van der Waals surface area contributed by atoms with E-state index in [-0.39, 0.29) is 6.04 Å². The molecule has 0 saturated carbocycles. The molecule has 1 aliphatic rings. The average molecular weight is 248 g/mol. The zero-order valence-corrected chi connectivity index (χ0v) is 10.4. The van der Waals surface area contributed by atoms with Crippen LogP contribution in [0.5, 0.6) is 0 Å². The van der Waals surface area contributed by atoms with Crippen LogP contribution in [0.4, 0.5) is 4.79 Å². The Labute approximate surface area is 107 Å². The molecular formula is C13H20N4O. The molecule has 1 heterocycles. The Morgan fingerprint density at radius 1 is 1.33 bits per heavy atom. The predicted molar refractivity (Wildman–Crippen MR) is 71.2 cm³/mol. The zero-order chi connectivity index (χ0) is 12.8. The van der Waals surface area contributed by atoms with Crippen molar-refractivity contribution in [3.8, 4) is 0 Å². The van der Waals surface area contributed by atoms with Gasteiger partial charge in [0.2, 0.25) is 0 Å². The lowest BCUT2D eigenvalue weighted by atomic mass is 10.1. The van der Waals surface area contributed by atoms with Gasteiger partial charge in [0.05, 0.1) is 6.04 Å². The van der Waals surface area contributed by atoms with Gasteiger partial charge in [-0.05, 0) is 5.56 Å². The Bertz CT molecular complexity index is 376. The molecule has 5 heteroatoms. The molecule has 0 radical (unpaired) electrons. The van der Waals surface area contributed by atoms with Gasteiger partial charge < -0.3 is 16.4 Å². The minimum atomic E-state index is -0.473. The number of rotatable bonds is 4. The van der Waals surface area contributed by atoms with Crippen LogP contribution in [0.2, 0.25) is 0 Å². The monoisotopic (exact) mass is 248 g/mol. The first-order valence-electron chi connectivity index (χ1n) is 6.29. The molecule has 98 valence electrons. The van der Waals surface area contributed by atoms with E-state index in [9.17, 15) is 4.79 Å². The van der Waals surface area contributed by atoms with Crippen LogP contribution in [-0.4, -0.2) is 43.7 Å². The molecule has 5 nitrogen and oxygen atoms in total. The maximum atomic E-state index is 11.1. The summed E-state index contributed by atoms with van der Waals surface area (Å²) in [7, 11) is 0. The lowest BCUT2D eigenvalue weighted by molar-refractivity contribution is 0.210. The van der Waals surface area contributed by atoms with E-state index in [1.54, 1.807) is 0 Å². The highest BCUT2D eigenvalue weighted by Crippen LogP contribution is 2.14. The topological polar surface area (TPSA) is 70.4 Å². The summed E-state index contributed by atoms with van der Waals surface area (Å²) in [5.41, 5.74) is 6.35. The maximum Gasteiger partial charge on any atom is 0.312 e. The number of nitrogens with zero attached hydrogens (tertiary/aromatic N) is 1. The van der Waals surface area contributed by atoms with E-state index in [1.807, 2.05) is 30.3 Å². The molecule has 0 spiro atoms. The molecule has 1 unspecified atom stereocenters. The Morgan fingerprint density at radius 3 is 2.61 bits per heavy atom. The largest absolute Gasteiger partial charge is 0.352 e. The van der Waals surface area contributed by atoms with Gasteiger partial charge in [0.15, 0.2) is 0 Å². The number of primary amides is 1. The van der Waals surface area contributed by atoms with E-state index < -0.39 is 6.03 Å². The van der Waals surface area contributed by atoms with Gasteiger partial charge in [-0.25, -0.2) is 4.79 Å². The fourth-order valence-electron chi connectivity index (χ4n) is 2.24. The maximum absolute atomic E-state index is 11.1. The van der Waals surface area contributed by atoms with E-state index in [1.165, 1.54) is 0 Å². The fraction of sp³-hybridized carbons (Fsp3) is 0.462. The summed E-state index contributed by atoms with van der Waals surface area (Å²) in [6, 6.07) is 9.44. The highest BCUT2D eigenvalue weighted by molar-refractivity contribution is 5.72. The van der Waals surface area contributed by atoms with Crippen LogP contribution in [0, 0.1) is 0 Å². The summed E-state index contributed by atoms with van der Waals surface area (Å²) in [6.45, 7) is 4.80. The first kappa shape index (κ1) is 12.9. The molecular weight excluding hydrogens is 228 g/mol. The Hall–Kier alpha value is -1.59. The third-order valence-electron chi connectivity index (χ3n) is 3.17. The molecule has 1 atom stereocenters. The van der Waals surface area contributed by atoms with Gasteiger partial charge in [-0.3, -0.25) is 4.90 Å². The quantitative estimate of drug-likeness (QED) is 0.718. The van der Waals surface area contributed by atoms with Crippen molar-refractivity contribution in [2.75, 3.05) is 32.7 Å².